The molecule has 0 saturated heterocycles. The minimum atomic E-state index is 0.474. The van der Waals surface area contributed by atoms with Crippen molar-refractivity contribution in [3.05, 3.63) is 53.6 Å². The summed E-state index contributed by atoms with van der Waals surface area (Å²) in [5.41, 5.74) is 4.24. The molecular weight excluding hydrogens is 232 g/mol. The van der Waals surface area contributed by atoms with Gasteiger partial charge >= 0.3 is 0 Å². The van der Waals surface area contributed by atoms with Crippen LogP contribution in [0.2, 0.25) is 0 Å². The number of fused-ring (bicyclic) bond motifs is 1. The highest BCUT2D eigenvalue weighted by Crippen LogP contribution is 2.30. The third kappa shape index (κ3) is 3.55. The average Bonchev–Trinajstić information content (AvgIpc) is 2.50. The molecule has 102 valence electrons. The van der Waals surface area contributed by atoms with Gasteiger partial charge in [-0.1, -0.05) is 42.5 Å². The van der Waals surface area contributed by atoms with Gasteiger partial charge in [0.2, 0.25) is 0 Å². The summed E-state index contributed by atoms with van der Waals surface area (Å²) in [4.78, 5) is 4.48. The van der Waals surface area contributed by atoms with Crippen molar-refractivity contribution in [1.29, 1.82) is 0 Å². The minimum Gasteiger partial charge on any atom is -0.308 e. The molecule has 2 heteroatoms. The standard InChI is InChI=1S/C17H24N2/c1-18(2)12-14-8-7-9-15(13-19(3)4)17-11-6-5-10-16(14)17/h5-11,14H,12-13H2,1-4H3. The van der Waals surface area contributed by atoms with Crippen LogP contribution in [0, 0.1) is 0 Å². The van der Waals surface area contributed by atoms with Crippen LogP contribution in [0.3, 0.4) is 0 Å². The molecule has 0 aliphatic heterocycles. The Hall–Kier alpha value is -1.38. The predicted octanol–water partition coefficient (Wildman–Crippen LogP) is 2.85. The molecule has 1 aliphatic rings. The van der Waals surface area contributed by atoms with Crippen LogP contribution in [0.5, 0.6) is 0 Å². The van der Waals surface area contributed by atoms with Crippen molar-refractivity contribution in [2.75, 3.05) is 41.3 Å². The van der Waals surface area contributed by atoms with E-state index in [-0.39, 0.29) is 0 Å². The van der Waals surface area contributed by atoms with Crippen LogP contribution in [-0.4, -0.2) is 51.1 Å². The van der Waals surface area contributed by atoms with Gasteiger partial charge in [-0.05, 0) is 44.9 Å². The van der Waals surface area contributed by atoms with Crippen molar-refractivity contribution in [1.82, 2.24) is 9.80 Å². The molecule has 0 heterocycles. The summed E-state index contributed by atoms with van der Waals surface area (Å²) in [5, 5.41) is 0. The SMILES string of the molecule is CN(C)CC1=CC=CC(CN(C)C)c2ccccc21. The van der Waals surface area contributed by atoms with E-state index in [9.17, 15) is 0 Å². The number of nitrogens with zero attached hydrogens (tertiary/aromatic N) is 2. The zero-order valence-electron chi connectivity index (χ0n) is 12.4. The van der Waals surface area contributed by atoms with E-state index in [1.807, 2.05) is 0 Å². The van der Waals surface area contributed by atoms with Crippen LogP contribution in [0.1, 0.15) is 17.0 Å². The Balaban J connectivity index is 2.37. The Kier molecular flexibility index (Phi) is 4.56. The maximum atomic E-state index is 2.32. The molecule has 0 spiro atoms. The molecule has 1 unspecified atom stereocenters. The highest BCUT2D eigenvalue weighted by atomic mass is 15.1. The Morgan fingerprint density at radius 2 is 1.74 bits per heavy atom. The lowest BCUT2D eigenvalue weighted by molar-refractivity contribution is 0.395. The van der Waals surface area contributed by atoms with Gasteiger partial charge in [0, 0.05) is 19.0 Å². The van der Waals surface area contributed by atoms with Crippen molar-refractivity contribution in [2.24, 2.45) is 0 Å². The number of allylic oxidation sites excluding steroid dienone is 2. The highest BCUT2D eigenvalue weighted by molar-refractivity contribution is 5.72. The van der Waals surface area contributed by atoms with Gasteiger partial charge < -0.3 is 9.80 Å². The van der Waals surface area contributed by atoms with E-state index in [4.69, 9.17) is 0 Å². The van der Waals surface area contributed by atoms with E-state index in [0.29, 0.717) is 5.92 Å². The molecule has 2 rings (SSSR count). The fourth-order valence-corrected chi connectivity index (χ4v) is 2.64. The first-order chi connectivity index (χ1) is 9.08. The van der Waals surface area contributed by atoms with Gasteiger partial charge in [-0.15, -0.1) is 0 Å². The van der Waals surface area contributed by atoms with E-state index >= 15 is 0 Å². The van der Waals surface area contributed by atoms with Gasteiger partial charge in [0.15, 0.2) is 0 Å². The maximum absolute atomic E-state index is 2.32. The first kappa shape index (κ1) is 14.0. The molecule has 1 atom stereocenters. The lowest BCUT2D eigenvalue weighted by Gasteiger charge is -2.21. The summed E-state index contributed by atoms with van der Waals surface area (Å²) in [6.07, 6.45) is 6.79. The summed E-state index contributed by atoms with van der Waals surface area (Å²) in [6, 6.07) is 8.80. The Bertz CT molecular complexity index is 484. The van der Waals surface area contributed by atoms with E-state index in [1.165, 1.54) is 16.7 Å². The highest BCUT2D eigenvalue weighted by Gasteiger charge is 2.17. The van der Waals surface area contributed by atoms with Gasteiger partial charge in [-0.2, -0.15) is 0 Å². The molecular formula is C17H24N2. The molecule has 0 bridgehead atoms. The van der Waals surface area contributed by atoms with Gasteiger partial charge in [-0.3, -0.25) is 0 Å². The molecule has 0 aromatic heterocycles. The van der Waals surface area contributed by atoms with Crippen molar-refractivity contribution < 1.29 is 0 Å². The molecule has 2 nitrogen and oxygen atoms in total. The molecule has 1 aromatic rings. The first-order valence-electron chi connectivity index (χ1n) is 6.84. The Morgan fingerprint density at radius 3 is 2.42 bits per heavy atom. The quantitative estimate of drug-likeness (QED) is 0.817. The Morgan fingerprint density at radius 1 is 1.00 bits per heavy atom. The summed E-state index contributed by atoms with van der Waals surface area (Å²) >= 11 is 0. The maximum Gasteiger partial charge on any atom is 0.0233 e. The monoisotopic (exact) mass is 256 g/mol. The van der Waals surface area contributed by atoms with E-state index in [1.54, 1.807) is 0 Å². The van der Waals surface area contributed by atoms with Crippen molar-refractivity contribution in [2.45, 2.75) is 5.92 Å². The number of hydrogen-bond donors (Lipinski definition) is 0. The lowest BCUT2D eigenvalue weighted by atomic mass is 9.91. The molecule has 19 heavy (non-hydrogen) atoms. The third-order valence-corrected chi connectivity index (χ3v) is 3.40. The minimum absolute atomic E-state index is 0.474. The second kappa shape index (κ2) is 6.18. The Labute approximate surface area is 117 Å². The smallest absolute Gasteiger partial charge is 0.0233 e. The molecule has 0 fully saturated rings. The number of hydrogen-bond acceptors (Lipinski definition) is 2. The van der Waals surface area contributed by atoms with Gasteiger partial charge in [-0.25, -0.2) is 0 Å². The molecule has 0 saturated carbocycles. The molecule has 0 radical (unpaired) electrons. The van der Waals surface area contributed by atoms with Gasteiger partial charge in [0.25, 0.3) is 0 Å². The summed E-state index contributed by atoms with van der Waals surface area (Å²) < 4.78 is 0. The average molecular weight is 256 g/mol. The van der Waals surface area contributed by atoms with Crippen molar-refractivity contribution >= 4 is 5.57 Å². The van der Waals surface area contributed by atoms with Crippen LogP contribution in [0.15, 0.2) is 42.5 Å². The lowest BCUT2D eigenvalue weighted by Crippen LogP contribution is -2.20. The predicted molar refractivity (Wildman–Crippen MR) is 83.4 cm³/mol. The molecule has 1 aromatic carbocycles. The zero-order valence-corrected chi connectivity index (χ0v) is 12.4. The first-order valence-corrected chi connectivity index (χ1v) is 6.84. The third-order valence-electron chi connectivity index (χ3n) is 3.40. The van der Waals surface area contributed by atoms with E-state index in [0.717, 1.165) is 13.1 Å². The van der Waals surface area contributed by atoms with Crippen molar-refractivity contribution in [3.63, 3.8) is 0 Å². The second-order valence-electron chi connectivity index (χ2n) is 5.77. The van der Waals surface area contributed by atoms with Gasteiger partial charge in [0.1, 0.15) is 0 Å². The summed E-state index contributed by atoms with van der Waals surface area (Å²) in [7, 11) is 8.51. The fraction of sp³-hybridized carbons (Fsp3) is 0.412. The van der Waals surface area contributed by atoms with Crippen LogP contribution >= 0.6 is 0 Å². The largest absolute Gasteiger partial charge is 0.308 e. The van der Waals surface area contributed by atoms with E-state index in [2.05, 4.69) is 80.5 Å². The summed E-state index contributed by atoms with van der Waals surface area (Å²) in [5.74, 6) is 0.474. The van der Waals surface area contributed by atoms with Crippen molar-refractivity contribution in [3.8, 4) is 0 Å². The number of benzene rings is 1. The van der Waals surface area contributed by atoms with Crippen LogP contribution < -0.4 is 0 Å². The van der Waals surface area contributed by atoms with E-state index < -0.39 is 0 Å². The number of rotatable bonds is 4. The van der Waals surface area contributed by atoms with Gasteiger partial charge in [0.05, 0.1) is 0 Å². The molecule has 0 N–H and O–H groups in total. The topological polar surface area (TPSA) is 6.48 Å². The van der Waals surface area contributed by atoms with Crippen LogP contribution in [0.25, 0.3) is 5.57 Å². The number of likely N-dealkylation sites (N-methyl/N-ethyl adjacent to an activating group) is 2. The summed E-state index contributed by atoms with van der Waals surface area (Å²) in [6.45, 7) is 2.03. The zero-order chi connectivity index (χ0) is 13.8. The molecule has 0 amide bonds. The van der Waals surface area contributed by atoms with Crippen LogP contribution in [0.4, 0.5) is 0 Å². The van der Waals surface area contributed by atoms with Crippen LogP contribution in [-0.2, 0) is 0 Å². The fourth-order valence-electron chi connectivity index (χ4n) is 2.64. The normalized spacial score (nSPS) is 18.4. The molecule has 1 aliphatic carbocycles. The second-order valence-corrected chi connectivity index (χ2v) is 5.77.